The molecule has 3 N–H and O–H groups in total. The number of aromatic nitrogens is 2. The van der Waals surface area contributed by atoms with E-state index in [-0.39, 0.29) is 23.9 Å². The number of benzene rings is 2. The molecule has 1 aromatic heterocycles. The monoisotopic (exact) mass is 503 g/mol. The minimum atomic E-state index is -1.13. The summed E-state index contributed by atoms with van der Waals surface area (Å²) in [6, 6.07) is 12.8. The van der Waals surface area contributed by atoms with E-state index in [9.17, 15) is 24.2 Å². The Morgan fingerprint density at radius 3 is 2.46 bits per heavy atom. The molecule has 1 heterocycles. The van der Waals surface area contributed by atoms with Gasteiger partial charge in [-0.25, -0.2) is 4.39 Å². The summed E-state index contributed by atoms with van der Waals surface area (Å²) in [5.74, 6) is -2.39. The van der Waals surface area contributed by atoms with Crippen LogP contribution >= 0.6 is 11.6 Å². The van der Waals surface area contributed by atoms with Crippen molar-refractivity contribution in [2.24, 2.45) is 5.41 Å². The molecule has 186 valence electrons. The van der Waals surface area contributed by atoms with Crippen LogP contribution in [0.3, 0.4) is 0 Å². The third kappa shape index (κ3) is 6.58. The largest absolute Gasteiger partial charge is 0.481 e. The number of aliphatic carboxylic acids is 1. The molecule has 0 saturated carbocycles. The number of carbonyl (C=O) groups is 2. The van der Waals surface area contributed by atoms with Crippen LogP contribution in [-0.2, 0) is 4.79 Å². The number of para-hydroxylation sites is 1. The average Bonchev–Trinajstić information content (AvgIpc) is 3.21. The number of carboxylic acid groups (broad SMARTS) is 1. The molecular formula is C25H27ClFN3O5. The predicted octanol–water partition coefficient (Wildman–Crippen LogP) is 4.40. The first-order valence-electron chi connectivity index (χ1n) is 10.9. The number of ether oxygens (including phenoxy) is 1. The van der Waals surface area contributed by atoms with Crippen molar-refractivity contribution in [3.63, 3.8) is 0 Å². The second-order valence-corrected chi connectivity index (χ2v) is 9.48. The number of rotatable bonds is 9. The first kappa shape index (κ1) is 26.2. The van der Waals surface area contributed by atoms with Crippen molar-refractivity contribution in [2.45, 2.75) is 39.3 Å². The first-order chi connectivity index (χ1) is 16.5. The molecule has 10 heteroatoms. The lowest BCUT2D eigenvalue weighted by atomic mass is 9.90. The lowest BCUT2D eigenvalue weighted by Gasteiger charge is -2.25. The highest BCUT2D eigenvalue weighted by Gasteiger charge is 2.26. The van der Waals surface area contributed by atoms with E-state index in [2.05, 4.69) is 10.4 Å². The van der Waals surface area contributed by atoms with E-state index in [0.717, 1.165) is 4.68 Å². The molecule has 0 aliphatic rings. The van der Waals surface area contributed by atoms with Crippen molar-refractivity contribution in [1.82, 2.24) is 15.1 Å². The number of nitrogens with zero attached hydrogens (tertiary/aromatic N) is 2. The van der Waals surface area contributed by atoms with Gasteiger partial charge in [0, 0.05) is 11.1 Å². The van der Waals surface area contributed by atoms with Gasteiger partial charge in [-0.15, -0.1) is 0 Å². The standard InChI is InChI=1S/C25H27ClFN3O5/c1-25(2,3)21(31)14-35-22-12-19(29-30(22)20-11-7-6-10-17(20)27)24(34)28-18(13-23(32)33)15-8-4-5-9-16(15)26/h4-12,18,21,31H,13-14H2,1-3H3,(H,28,34)(H,32,33)/t18?,21-/m0/s1. The quantitative estimate of drug-likeness (QED) is 0.399. The van der Waals surface area contributed by atoms with Crippen LogP contribution < -0.4 is 10.1 Å². The van der Waals surface area contributed by atoms with Gasteiger partial charge in [0.2, 0.25) is 5.88 Å². The number of carboxylic acids is 1. The minimum Gasteiger partial charge on any atom is -0.481 e. The second-order valence-electron chi connectivity index (χ2n) is 9.07. The van der Waals surface area contributed by atoms with Gasteiger partial charge < -0.3 is 20.3 Å². The smallest absolute Gasteiger partial charge is 0.305 e. The van der Waals surface area contributed by atoms with Gasteiger partial charge in [-0.2, -0.15) is 9.78 Å². The van der Waals surface area contributed by atoms with Gasteiger partial charge in [0.1, 0.15) is 18.1 Å². The summed E-state index contributed by atoms with van der Waals surface area (Å²) in [4.78, 5) is 24.5. The van der Waals surface area contributed by atoms with Gasteiger partial charge in [-0.3, -0.25) is 9.59 Å². The molecule has 2 aromatic carbocycles. The van der Waals surface area contributed by atoms with Gasteiger partial charge in [0.05, 0.1) is 18.6 Å². The Hall–Kier alpha value is -3.43. The highest BCUT2D eigenvalue weighted by molar-refractivity contribution is 6.31. The highest BCUT2D eigenvalue weighted by atomic mass is 35.5. The zero-order valence-corrected chi connectivity index (χ0v) is 20.3. The lowest BCUT2D eigenvalue weighted by Crippen LogP contribution is -2.32. The molecule has 2 atom stereocenters. The minimum absolute atomic E-state index is 0.0380. The molecule has 0 aliphatic heterocycles. The summed E-state index contributed by atoms with van der Waals surface area (Å²) >= 11 is 6.22. The van der Waals surface area contributed by atoms with E-state index in [1.165, 1.54) is 24.3 Å². The SMILES string of the molecule is CC(C)(C)[C@@H](O)COc1cc(C(=O)NC(CC(=O)O)c2ccccc2Cl)nn1-c1ccccc1F. The molecule has 35 heavy (non-hydrogen) atoms. The van der Waals surface area contributed by atoms with Gasteiger partial charge >= 0.3 is 5.97 Å². The molecule has 0 aliphatic carbocycles. The third-order valence-electron chi connectivity index (χ3n) is 5.34. The van der Waals surface area contributed by atoms with Crippen LogP contribution in [0, 0.1) is 11.2 Å². The molecular weight excluding hydrogens is 477 g/mol. The van der Waals surface area contributed by atoms with Gasteiger partial charge in [-0.1, -0.05) is 62.7 Å². The molecule has 3 aromatic rings. The second kappa shape index (κ2) is 10.9. The maximum Gasteiger partial charge on any atom is 0.305 e. The Labute approximate surface area is 207 Å². The average molecular weight is 504 g/mol. The van der Waals surface area contributed by atoms with E-state index in [4.69, 9.17) is 16.3 Å². The molecule has 3 rings (SSSR count). The van der Waals surface area contributed by atoms with Crippen molar-refractivity contribution < 1.29 is 28.9 Å². The molecule has 8 nitrogen and oxygen atoms in total. The number of hydrogen-bond donors (Lipinski definition) is 3. The maximum absolute atomic E-state index is 14.5. The molecule has 0 radical (unpaired) electrons. The molecule has 1 amide bonds. The number of hydrogen-bond acceptors (Lipinski definition) is 5. The van der Waals surface area contributed by atoms with Crippen molar-refractivity contribution in [1.29, 1.82) is 0 Å². The fraction of sp³-hybridized carbons (Fsp3) is 0.320. The zero-order valence-electron chi connectivity index (χ0n) is 19.5. The predicted molar refractivity (Wildman–Crippen MR) is 128 cm³/mol. The fourth-order valence-electron chi connectivity index (χ4n) is 3.19. The number of carbonyl (C=O) groups excluding carboxylic acids is 1. The summed E-state index contributed by atoms with van der Waals surface area (Å²) in [5.41, 5.74) is -0.124. The van der Waals surface area contributed by atoms with Crippen LogP contribution in [0.2, 0.25) is 5.02 Å². The van der Waals surface area contributed by atoms with Gasteiger partial charge in [-0.05, 0) is 29.2 Å². The zero-order chi connectivity index (χ0) is 25.8. The number of nitrogens with one attached hydrogen (secondary N) is 1. The normalized spacial score (nSPS) is 13.2. The van der Waals surface area contributed by atoms with Crippen molar-refractivity contribution in [2.75, 3.05) is 6.61 Å². The Morgan fingerprint density at radius 2 is 1.83 bits per heavy atom. The summed E-state index contributed by atoms with van der Waals surface area (Å²) < 4.78 is 21.4. The Morgan fingerprint density at radius 1 is 1.17 bits per heavy atom. The van der Waals surface area contributed by atoms with E-state index in [1.54, 1.807) is 30.3 Å². The number of amides is 1. The number of aliphatic hydroxyl groups excluding tert-OH is 1. The first-order valence-corrected chi connectivity index (χ1v) is 11.3. The van der Waals surface area contributed by atoms with Gasteiger partial charge in [0.15, 0.2) is 5.69 Å². The fourth-order valence-corrected chi connectivity index (χ4v) is 3.46. The summed E-state index contributed by atoms with van der Waals surface area (Å²) in [6.45, 7) is 5.40. The van der Waals surface area contributed by atoms with Crippen LogP contribution in [-0.4, -0.2) is 44.6 Å². The van der Waals surface area contributed by atoms with Crippen molar-refractivity contribution in [3.8, 4) is 11.6 Å². The van der Waals surface area contributed by atoms with Crippen LogP contribution in [0.4, 0.5) is 4.39 Å². The molecule has 0 bridgehead atoms. The molecule has 0 saturated heterocycles. The Balaban J connectivity index is 1.94. The van der Waals surface area contributed by atoms with E-state index < -0.39 is 41.7 Å². The molecule has 0 spiro atoms. The number of halogens is 2. The Bertz CT molecular complexity index is 1210. The van der Waals surface area contributed by atoms with E-state index in [1.807, 2.05) is 20.8 Å². The highest BCUT2D eigenvalue weighted by Crippen LogP contribution is 2.27. The van der Waals surface area contributed by atoms with Crippen LogP contribution in [0.5, 0.6) is 5.88 Å². The number of aliphatic hydroxyl groups is 1. The summed E-state index contributed by atoms with van der Waals surface area (Å²) in [7, 11) is 0. The maximum atomic E-state index is 14.5. The summed E-state index contributed by atoms with van der Waals surface area (Å²) in [5, 5.41) is 26.8. The van der Waals surface area contributed by atoms with Crippen molar-refractivity contribution in [3.05, 3.63) is 76.7 Å². The van der Waals surface area contributed by atoms with Crippen LogP contribution in [0.15, 0.2) is 54.6 Å². The van der Waals surface area contributed by atoms with E-state index >= 15 is 0 Å². The lowest BCUT2D eigenvalue weighted by molar-refractivity contribution is -0.137. The Kier molecular flexibility index (Phi) is 8.14. The van der Waals surface area contributed by atoms with Crippen LogP contribution in [0.25, 0.3) is 5.69 Å². The topological polar surface area (TPSA) is 114 Å². The summed E-state index contributed by atoms with van der Waals surface area (Å²) in [6.07, 6.45) is -1.26. The van der Waals surface area contributed by atoms with Crippen molar-refractivity contribution >= 4 is 23.5 Å². The van der Waals surface area contributed by atoms with Crippen LogP contribution in [0.1, 0.15) is 49.3 Å². The molecule has 0 fully saturated rings. The van der Waals surface area contributed by atoms with Gasteiger partial charge in [0.25, 0.3) is 5.91 Å². The van der Waals surface area contributed by atoms with E-state index in [0.29, 0.717) is 10.6 Å². The molecule has 1 unspecified atom stereocenters. The third-order valence-corrected chi connectivity index (χ3v) is 5.69.